The van der Waals surface area contributed by atoms with Crippen molar-refractivity contribution in [1.82, 2.24) is 19.7 Å². The van der Waals surface area contributed by atoms with Gasteiger partial charge in [0.25, 0.3) is 5.91 Å². The maximum absolute atomic E-state index is 12.6. The number of likely N-dealkylation sites (tertiary alicyclic amines) is 1. The summed E-state index contributed by atoms with van der Waals surface area (Å²) in [5.74, 6) is -0.181. The van der Waals surface area contributed by atoms with Crippen LogP contribution >= 0.6 is 11.3 Å². The number of aromatic nitrogens is 1. The van der Waals surface area contributed by atoms with Crippen LogP contribution in [0.3, 0.4) is 0 Å². The number of nitrogens with zero attached hydrogens (tertiary/aromatic N) is 4. The van der Waals surface area contributed by atoms with Crippen LogP contribution in [0.25, 0.3) is 10.2 Å². The van der Waals surface area contributed by atoms with E-state index in [4.69, 9.17) is 0 Å². The molecule has 2 aromatic rings. The van der Waals surface area contributed by atoms with Crippen molar-refractivity contribution in [2.24, 2.45) is 0 Å². The average Bonchev–Trinajstić information content (AvgIpc) is 3.18. The van der Waals surface area contributed by atoms with Crippen molar-refractivity contribution in [2.75, 3.05) is 32.5 Å². The second kappa shape index (κ2) is 5.94. The van der Waals surface area contributed by atoms with Crippen molar-refractivity contribution in [3.05, 3.63) is 23.7 Å². The zero-order valence-corrected chi connectivity index (χ0v) is 15.4. The molecule has 1 aromatic heterocycles. The Morgan fingerprint density at radius 3 is 2.62 bits per heavy atom. The molecule has 4 rings (SSSR count). The first kappa shape index (κ1) is 16.8. The highest BCUT2D eigenvalue weighted by atomic mass is 32.1. The number of benzene rings is 1. The molecule has 2 saturated heterocycles. The van der Waals surface area contributed by atoms with E-state index in [0.29, 0.717) is 31.6 Å². The monoisotopic (exact) mass is 373 g/mol. The Morgan fingerprint density at radius 1 is 1.23 bits per heavy atom. The Morgan fingerprint density at radius 2 is 1.96 bits per heavy atom. The van der Waals surface area contributed by atoms with Crippen molar-refractivity contribution in [1.29, 1.82) is 0 Å². The van der Waals surface area contributed by atoms with Crippen LogP contribution in [0, 0.1) is 0 Å². The van der Waals surface area contributed by atoms with E-state index in [1.165, 1.54) is 16.8 Å². The van der Waals surface area contributed by atoms with Crippen molar-refractivity contribution in [2.45, 2.75) is 18.4 Å². The van der Waals surface area contributed by atoms with Gasteiger partial charge in [0, 0.05) is 32.9 Å². The number of carbonyl (C=O) groups excluding carboxylic acids is 3. The van der Waals surface area contributed by atoms with Gasteiger partial charge in [0.1, 0.15) is 5.54 Å². The predicted octanol–water partition coefficient (Wildman–Crippen LogP) is 2.19. The number of carbonyl (C=O) groups is 3. The van der Waals surface area contributed by atoms with Crippen LogP contribution in [0.15, 0.2) is 23.7 Å². The first-order chi connectivity index (χ1) is 12.4. The molecule has 1 aromatic carbocycles. The molecule has 0 radical (unpaired) electrons. The molecule has 5 amide bonds. The largest absolute Gasteiger partial charge is 0.327 e. The van der Waals surface area contributed by atoms with Gasteiger partial charge in [-0.1, -0.05) is 0 Å². The summed E-state index contributed by atoms with van der Waals surface area (Å²) in [6.07, 6.45) is 0.883. The molecule has 0 atom stereocenters. The molecule has 136 valence electrons. The SMILES string of the molecule is CN1C(=O)N(C)C2(CCN(C(=O)Nc3ccc4scnc4c3)CC2)C1=O. The molecule has 0 saturated carbocycles. The summed E-state index contributed by atoms with van der Waals surface area (Å²) >= 11 is 1.55. The van der Waals surface area contributed by atoms with Crippen LogP contribution in [-0.4, -0.2) is 70.4 Å². The molecule has 0 aliphatic carbocycles. The van der Waals surface area contributed by atoms with Crippen molar-refractivity contribution in [3.8, 4) is 0 Å². The first-order valence-corrected chi connectivity index (χ1v) is 9.25. The van der Waals surface area contributed by atoms with Crippen molar-refractivity contribution in [3.63, 3.8) is 0 Å². The number of fused-ring (bicyclic) bond motifs is 1. The Balaban J connectivity index is 1.43. The van der Waals surface area contributed by atoms with E-state index in [2.05, 4.69) is 10.3 Å². The van der Waals surface area contributed by atoms with Gasteiger partial charge in [-0.2, -0.15) is 0 Å². The molecule has 1 N–H and O–H groups in total. The van der Waals surface area contributed by atoms with Crippen molar-refractivity contribution >= 4 is 45.2 Å². The van der Waals surface area contributed by atoms with E-state index in [9.17, 15) is 14.4 Å². The summed E-state index contributed by atoms with van der Waals surface area (Å²) in [6, 6.07) is 5.14. The number of hydrogen-bond donors (Lipinski definition) is 1. The fraction of sp³-hybridized carbons (Fsp3) is 0.412. The van der Waals surface area contributed by atoms with Gasteiger partial charge in [-0.3, -0.25) is 9.69 Å². The van der Waals surface area contributed by atoms with Gasteiger partial charge >= 0.3 is 12.1 Å². The lowest BCUT2D eigenvalue weighted by Gasteiger charge is -2.40. The van der Waals surface area contributed by atoms with Crippen molar-refractivity contribution < 1.29 is 14.4 Å². The summed E-state index contributed by atoms with van der Waals surface area (Å²) in [4.78, 5) is 45.7. The molecule has 2 fully saturated rings. The third-order valence-corrected chi connectivity index (χ3v) is 6.19. The number of hydrogen-bond acceptors (Lipinski definition) is 5. The number of thiazole rings is 1. The van der Waals surface area contributed by atoms with Gasteiger partial charge in [-0.05, 0) is 31.0 Å². The lowest BCUT2D eigenvalue weighted by Crippen LogP contribution is -2.56. The van der Waals surface area contributed by atoms with E-state index < -0.39 is 5.54 Å². The highest BCUT2D eigenvalue weighted by molar-refractivity contribution is 7.16. The number of imide groups is 1. The highest BCUT2D eigenvalue weighted by Gasteiger charge is 2.55. The first-order valence-electron chi connectivity index (χ1n) is 8.37. The topological polar surface area (TPSA) is 85.8 Å². The van der Waals surface area contributed by atoms with Gasteiger partial charge in [-0.15, -0.1) is 11.3 Å². The number of nitrogens with one attached hydrogen (secondary N) is 1. The van der Waals surface area contributed by atoms with Gasteiger partial charge in [0.2, 0.25) is 0 Å². The summed E-state index contributed by atoms with van der Waals surface area (Å²) < 4.78 is 1.07. The maximum atomic E-state index is 12.6. The second-order valence-corrected chi connectivity index (χ2v) is 7.58. The average molecular weight is 373 g/mol. The number of rotatable bonds is 1. The minimum Gasteiger partial charge on any atom is -0.324 e. The Kier molecular flexibility index (Phi) is 3.83. The van der Waals surface area contributed by atoms with Gasteiger partial charge in [0.15, 0.2) is 0 Å². The number of piperidine rings is 1. The zero-order valence-electron chi connectivity index (χ0n) is 14.6. The zero-order chi connectivity index (χ0) is 18.5. The molecule has 2 aliphatic heterocycles. The molecular formula is C17H19N5O3S. The minimum absolute atomic E-state index is 0.181. The summed E-state index contributed by atoms with van der Waals surface area (Å²) in [5.41, 5.74) is 2.50. The third-order valence-electron chi connectivity index (χ3n) is 5.38. The second-order valence-electron chi connectivity index (χ2n) is 6.69. The van der Waals surface area contributed by atoms with Crippen LogP contribution in [0.1, 0.15) is 12.8 Å². The van der Waals surface area contributed by atoms with Crippen LogP contribution in [0.5, 0.6) is 0 Å². The van der Waals surface area contributed by atoms with E-state index in [1.54, 1.807) is 28.8 Å². The molecule has 0 unspecified atom stereocenters. The van der Waals surface area contributed by atoms with E-state index in [0.717, 1.165) is 10.2 Å². The molecule has 0 bridgehead atoms. The van der Waals surface area contributed by atoms with Gasteiger partial charge < -0.3 is 15.1 Å². The lowest BCUT2D eigenvalue weighted by molar-refractivity contribution is -0.134. The molecule has 2 aliphatic rings. The molecule has 1 spiro atoms. The summed E-state index contributed by atoms with van der Waals surface area (Å²) in [5, 5.41) is 2.89. The predicted molar refractivity (Wildman–Crippen MR) is 98.1 cm³/mol. The number of likely N-dealkylation sites (N-methyl/N-ethyl adjacent to an activating group) is 2. The van der Waals surface area contributed by atoms with Crippen LogP contribution < -0.4 is 5.32 Å². The molecular weight excluding hydrogens is 354 g/mol. The normalized spacial score (nSPS) is 19.7. The summed E-state index contributed by atoms with van der Waals surface area (Å²) in [6.45, 7) is 0.837. The quantitative estimate of drug-likeness (QED) is 0.777. The molecule has 8 nitrogen and oxygen atoms in total. The van der Waals surface area contributed by atoms with E-state index in [1.807, 2.05) is 18.2 Å². The smallest absolute Gasteiger partial charge is 0.324 e. The third kappa shape index (κ3) is 2.42. The molecule has 3 heterocycles. The van der Waals surface area contributed by atoms with E-state index >= 15 is 0 Å². The minimum atomic E-state index is -0.817. The fourth-order valence-corrected chi connectivity index (χ4v) is 4.38. The van der Waals surface area contributed by atoms with Crippen LogP contribution in [0.4, 0.5) is 15.3 Å². The summed E-state index contributed by atoms with van der Waals surface area (Å²) in [7, 11) is 3.16. The standard InChI is InChI=1S/C17H19N5O3S/c1-20-14(23)17(21(2)16(20)25)5-7-22(8-6-17)15(24)19-11-3-4-13-12(9-11)18-10-26-13/h3-4,9-10H,5-8H2,1-2H3,(H,19,24). The highest BCUT2D eigenvalue weighted by Crippen LogP contribution is 2.35. The Labute approximate surface area is 154 Å². The molecule has 9 heteroatoms. The Hall–Kier alpha value is -2.68. The van der Waals surface area contributed by atoms with Crippen LogP contribution in [-0.2, 0) is 4.79 Å². The maximum Gasteiger partial charge on any atom is 0.327 e. The van der Waals surface area contributed by atoms with Crippen LogP contribution in [0.2, 0.25) is 0 Å². The fourth-order valence-electron chi connectivity index (χ4n) is 3.72. The van der Waals surface area contributed by atoms with Gasteiger partial charge in [0.05, 0.1) is 15.7 Å². The lowest BCUT2D eigenvalue weighted by atomic mass is 9.86. The Bertz CT molecular complexity index is 903. The number of urea groups is 2. The van der Waals surface area contributed by atoms with E-state index in [-0.39, 0.29) is 18.0 Å². The number of anilines is 1. The number of amides is 5. The van der Waals surface area contributed by atoms with Gasteiger partial charge in [-0.25, -0.2) is 14.6 Å². The molecule has 26 heavy (non-hydrogen) atoms.